The molecule has 0 bridgehead atoms. The van der Waals surface area contributed by atoms with E-state index >= 15 is 0 Å². The fourth-order valence-corrected chi connectivity index (χ4v) is 4.45. The molecule has 160 valence electrons. The van der Waals surface area contributed by atoms with Crippen LogP contribution in [-0.2, 0) is 19.2 Å². The van der Waals surface area contributed by atoms with Gasteiger partial charge in [-0.1, -0.05) is 19.8 Å². The van der Waals surface area contributed by atoms with Crippen molar-refractivity contribution in [3.8, 4) is 0 Å². The smallest absolute Gasteiger partial charge is 0.333 e. The average Bonchev–Trinajstić information content (AvgIpc) is 2.90. The number of carboxylic acids is 1. The lowest BCUT2D eigenvalue weighted by atomic mass is 9.82. The van der Waals surface area contributed by atoms with E-state index in [0.29, 0.717) is 6.42 Å². The Hall–Kier alpha value is -1.33. The van der Waals surface area contributed by atoms with Crippen LogP contribution >= 0.6 is 11.8 Å². The Balaban J connectivity index is 2.21. The van der Waals surface area contributed by atoms with E-state index in [4.69, 9.17) is 14.7 Å². The fraction of sp³-hybridized carbons (Fsp3) is 0.778. The minimum absolute atomic E-state index is 0.0389. The Morgan fingerprint density at radius 1 is 1.43 bits per heavy atom. The second kappa shape index (κ2) is 9.45. The van der Waals surface area contributed by atoms with E-state index in [1.165, 1.54) is 14.0 Å². The normalized spacial score (nSPS) is 31.0. The van der Waals surface area contributed by atoms with Crippen LogP contribution in [0.5, 0.6) is 0 Å². The lowest BCUT2D eigenvalue weighted by Crippen LogP contribution is -2.55. The van der Waals surface area contributed by atoms with Crippen molar-refractivity contribution in [3.05, 3.63) is 11.3 Å². The quantitative estimate of drug-likeness (QED) is 0.368. The van der Waals surface area contributed by atoms with Gasteiger partial charge in [-0.25, -0.2) is 9.86 Å². The van der Waals surface area contributed by atoms with Crippen molar-refractivity contribution in [2.24, 2.45) is 0 Å². The summed E-state index contributed by atoms with van der Waals surface area (Å²) in [6.45, 7) is 3.51. The molecule has 2 heterocycles. The zero-order valence-electron chi connectivity index (χ0n) is 16.3. The molecule has 28 heavy (non-hydrogen) atoms. The molecule has 2 aliphatic rings. The second-order valence-electron chi connectivity index (χ2n) is 7.23. The molecule has 2 aliphatic heterocycles. The molecule has 10 heteroatoms. The van der Waals surface area contributed by atoms with E-state index in [0.717, 1.165) is 36.1 Å². The number of ether oxygens (including phenoxy) is 1. The summed E-state index contributed by atoms with van der Waals surface area (Å²) in [5.74, 6) is -1.54. The molecule has 0 saturated heterocycles. The Labute approximate surface area is 168 Å². The van der Waals surface area contributed by atoms with Crippen LogP contribution in [0.4, 0.5) is 0 Å². The molecule has 0 radical (unpaired) electrons. The van der Waals surface area contributed by atoms with Gasteiger partial charge in [0.05, 0.1) is 12.7 Å². The van der Waals surface area contributed by atoms with Gasteiger partial charge in [0.1, 0.15) is 29.6 Å². The minimum atomic E-state index is -1.62. The minimum Gasteiger partial charge on any atom is -0.489 e. The SMILES string of the molecule is CCCCC[C@@H]1OC2=C(C(=O)N(OC)[C@@H]2CSC[C@H](O)C(=O)O)[C@@H](O)[C@]1(C)O. The van der Waals surface area contributed by atoms with E-state index in [1.807, 2.05) is 0 Å². The van der Waals surface area contributed by atoms with Crippen LogP contribution in [0.15, 0.2) is 11.3 Å². The largest absolute Gasteiger partial charge is 0.489 e. The van der Waals surface area contributed by atoms with Crippen LogP contribution in [0.1, 0.15) is 39.5 Å². The maximum absolute atomic E-state index is 12.7. The van der Waals surface area contributed by atoms with Crippen LogP contribution < -0.4 is 0 Å². The highest BCUT2D eigenvalue weighted by molar-refractivity contribution is 7.99. The highest BCUT2D eigenvalue weighted by atomic mass is 32.2. The molecule has 2 rings (SSSR count). The number of carbonyl (C=O) groups excluding carboxylic acids is 1. The van der Waals surface area contributed by atoms with E-state index in [1.54, 1.807) is 0 Å². The maximum atomic E-state index is 12.7. The number of thioether (sulfide) groups is 1. The number of hydrogen-bond acceptors (Lipinski definition) is 8. The number of unbranched alkanes of at least 4 members (excludes halogenated alkanes) is 2. The number of aliphatic carboxylic acids is 1. The number of hydrogen-bond donors (Lipinski definition) is 4. The van der Waals surface area contributed by atoms with Crippen molar-refractivity contribution < 1.29 is 39.6 Å². The highest BCUT2D eigenvalue weighted by Gasteiger charge is 2.56. The third-order valence-corrected chi connectivity index (χ3v) is 6.24. The zero-order chi connectivity index (χ0) is 21.1. The lowest BCUT2D eigenvalue weighted by molar-refractivity contribution is -0.176. The number of hydroxylamine groups is 2. The first-order valence-corrected chi connectivity index (χ1v) is 10.5. The monoisotopic (exact) mass is 419 g/mol. The standard InChI is InChI=1S/C18H29NO8S/c1-4-5-6-7-12-18(2,25)15(21)13-14(27-12)10(19(26-3)16(13)22)8-28-9-11(20)17(23)24/h10-12,15,20-21,25H,4-9H2,1-3H3,(H,23,24)/t10-,11+,12+,15-,18-/m1/s1. The van der Waals surface area contributed by atoms with Crippen LogP contribution in [-0.4, -0.2) is 85.9 Å². The Bertz CT molecular complexity index is 623. The maximum Gasteiger partial charge on any atom is 0.333 e. The predicted octanol–water partition coefficient (Wildman–Crippen LogP) is 0.282. The van der Waals surface area contributed by atoms with Crippen molar-refractivity contribution in [3.63, 3.8) is 0 Å². The molecule has 4 N–H and O–H groups in total. The van der Waals surface area contributed by atoms with Crippen molar-refractivity contribution in [2.75, 3.05) is 18.6 Å². The summed E-state index contributed by atoms with van der Waals surface area (Å²) in [5.41, 5.74) is -1.66. The van der Waals surface area contributed by atoms with E-state index < -0.39 is 41.8 Å². The molecule has 0 fully saturated rings. The first kappa shape index (κ1) is 23.0. The molecule has 0 spiro atoms. The summed E-state index contributed by atoms with van der Waals surface area (Å²) in [7, 11) is 1.31. The Morgan fingerprint density at radius 3 is 2.68 bits per heavy atom. The number of carbonyl (C=O) groups is 2. The number of rotatable bonds is 10. The van der Waals surface area contributed by atoms with Crippen LogP contribution in [0.25, 0.3) is 0 Å². The molecule has 0 aromatic heterocycles. The van der Waals surface area contributed by atoms with E-state index in [9.17, 15) is 24.9 Å². The predicted molar refractivity (Wildman–Crippen MR) is 101 cm³/mol. The highest BCUT2D eigenvalue weighted by Crippen LogP contribution is 2.42. The summed E-state index contributed by atoms with van der Waals surface area (Å²) in [6, 6.07) is -0.682. The van der Waals surface area contributed by atoms with Gasteiger partial charge in [-0.2, -0.15) is 11.8 Å². The van der Waals surface area contributed by atoms with E-state index in [-0.39, 0.29) is 22.8 Å². The van der Waals surface area contributed by atoms with Crippen LogP contribution in [0, 0.1) is 0 Å². The van der Waals surface area contributed by atoms with Crippen molar-refractivity contribution in [1.82, 2.24) is 5.06 Å². The second-order valence-corrected chi connectivity index (χ2v) is 8.30. The summed E-state index contributed by atoms with van der Waals surface area (Å²) < 4.78 is 6.00. The van der Waals surface area contributed by atoms with Crippen molar-refractivity contribution in [2.45, 2.75) is 69.5 Å². The van der Waals surface area contributed by atoms with Gasteiger partial charge >= 0.3 is 5.97 Å². The van der Waals surface area contributed by atoms with Gasteiger partial charge in [-0.15, -0.1) is 0 Å². The van der Waals surface area contributed by atoms with Gasteiger partial charge in [0, 0.05) is 11.5 Å². The molecule has 1 amide bonds. The molecule has 0 aromatic carbocycles. The van der Waals surface area contributed by atoms with Gasteiger partial charge in [0.2, 0.25) is 0 Å². The summed E-state index contributed by atoms with van der Waals surface area (Å²) in [6.07, 6.45) is -0.360. The van der Waals surface area contributed by atoms with Crippen LogP contribution in [0.3, 0.4) is 0 Å². The summed E-state index contributed by atoms with van der Waals surface area (Å²) in [5, 5.41) is 40.8. The molecule has 9 nitrogen and oxygen atoms in total. The summed E-state index contributed by atoms with van der Waals surface area (Å²) >= 11 is 1.12. The molecular weight excluding hydrogens is 390 g/mol. The topological polar surface area (TPSA) is 137 Å². The van der Waals surface area contributed by atoms with Crippen molar-refractivity contribution >= 4 is 23.6 Å². The fourth-order valence-electron chi connectivity index (χ4n) is 3.43. The summed E-state index contributed by atoms with van der Waals surface area (Å²) in [4.78, 5) is 28.6. The lowest BCUT2D eigenvalue weighted by Gasteiger charge is -2.41. The molecule has 0 saturated carbocycles. The first-order chi connectivity index (χ1) is 13.2. The number of aliphatic hydroxyl groups excluding tert-OH is 2. The van der Waals surface area contributed by atoms with Crippen molar-refractivity contribution in [1.29, 1.82) is 0 Å². The average molecular weight is 419 g/mol. The molecule has 5 atom stereocenters. The number of carboxylic acid groups (broad SMARTS) is 1. The number of amides is 1. The van der Waals surface area contributed by atoms with Gasteiger partial charge < -0.3 is 25.2 Å². The first-order valence-electron chi connectivity index (χ1n) is 9.34. The Kier molecular flexibility index (Phi) is 7.74. The number of nitrogens with zero attached hydrogens (tertiary/aromatic N) is 1. The molecular formula is C18H29NO8S. The molecule has 0 aromatic rings. The molecule has 0 aliphatic carbocycles. The third kappa shape index (κ3) is 4.46. The van der Waals surface area contributed by atoms with Crippen LogP contribution in [0.2, 0.25) is 0 Å². The van der Waals surface area contributed by atoms with E-state index in [2.05, 4.69) is 6.92 Å². The Morgan fingerprint density at radius 2 is 2.11 bits per heavy atom. The van der Waals surface area contributed by atoms with Gasteiger partial charge in [0.15, 0.2) is 6.10 Å². The third-order valence-electron chi connectivity index (χ3n) is 5.13. The van der Waals surface area contributed by atoms with Gasteiger partial charge in [-0.3, -0.25) is 9.63 Å². The van der Waals surface area contributed by atoms with Gasteiger partial charge in [0.25, 0.3) is 5.91 Å². The molecule has 0 unspecified atom stereocenters. The zero-order valence-corrected chi connectivity index (χ0v) is 17.1. The number of aliphatic hydroxyl groups is 3. The van der Waals surface area contributed by atoms with Gasteiger partial charge in [-0.05, 0) is 19.8 Å².